The summed E-state index contributed by atoms with van der Waals surface area (Å²) in [5, 5.41) is 15.6. The van der Waals surface area contributed by atoms with Crippen LogP contribution < -0.4 is 21.7 Å². The predicted molar refractivity (Wildman–Crippen MR) is 83.2 cm³/mol. The first-order valence-corrected chi connectivity index (χ1v) is 7.38. The Bertz CT molecular complexity index is 450. The van der Waals surface area contributed by atoms with E-state index in [1.165, 1.54) is 0 Å². The summed E-state index contributed by atoms with van der Waals surface area (Å²) in [7, 11) is 0. The van der Waals surface area contributed by atoms with Crippen molar-refractivity contribution in [1.82, 2.24) is 16.0 Å². The van der Waals surface area contributed by atoms with Crippen LogP contribution in [0, 0.1) is 11.8 Å². The van der Waals surface area contributed by atoms with E-state index in [9.17, 15) is 19.2 Å². The second-order valence-corrected chi connectivity index (χ2v) is 5.89. The Labute approximate surface area is 135 Å². The summed E-state index contributed by atoms with van der Waals surface area (Å²) in [6, 6.07) is -1.61. The maximum absolute atomic E-state index is 11.9. The molecule has 0 heterocycles. The SMILES string of the molecule is CC(C)C(N)C(=O)NCC(=O)NC(C(=O)NCC(=O)O)C(C)C. The Morgan fingerprint density at radius 2 is 1.43 bits per heavy atom. The van der Waals surface area contributed by atoms with E-state index < -0.39 is 42.3 Å². The van der Waals surface area contributed by atoms with Gasteiger partial charge in [-0.05, 0) is 11.8 Å². The molecule has 0 aromatic carbocycles. The molecule has 0 aromatic rings. The van der Waals surface area contributed by atoms with Crippen LogP contribution in [-0.4, -0.2) is 54.0 Å². The zero-order valence-electron chi connectivity index (χ0n) is 13.9. The lowest BCUT2D eigenvalue weighted by molar-refractivity contribution is -0.138. The van der Waals surface area contributed by atoms with Gasteiger partial charge in [-0.1, -0.05) is 27.7 Å². The molecule has 0 bridgehead atoms. The zero-order chi connectivity index (χ0) is 18.2. The second-order valence-electron chi connectivity index (χ2n) is 5.89. The molecule has 0 rings (SSSR count). The molecule has 23 heavy (non-hydrogen) atoms. The first kappa shape index (κ1) is 20.8. The predicted octanol–water partition coefficient (Wildman–Crippen LogP) is -1.57. The van der Waals surface area contributed by atoms with Crippen molar-refractivity contribution in [3.63, 3.8) is 0 Å². The van der Waals surface area contributed by atoms with Gasteiger partial charge in [0.25, 0.3) is 0 Å². The standard InChI is InChI=1S/C14H26N4O5/c1-7(2)11(15)13(22)16-5-9(19)18-12(8(3)4)14(23)17-6-10(20)21/h7-8,11-12H,5-6,15H2,1-4H3,(H,16,22)(H,17,23)(H,18,19)(H,20,21). The minimum absolute atomic E-state index is 0.0664. The molecule has 0 aliphatic rings. The van der Waals surface area contributed by atoms with Gasteiger partial charge < -0.3 is 26.8 Å². The molecule has 9 heteroatoms. The number of carboxylic acid groups (broad SMARTS) is 1. The molecule has 132 valence electrons. The number of amides is 3. The Morgan fingerprint density at radius 1 is 0.913 bits per heavy atom. The van der Waals surface area contributed by atoms with Gasteiger partial charge in [0.1, 0.15) is 12.6 Å². The number of hydrogen-bond acceptors (Lipinski definition) is 5. The molecule has 0 saturated heterocycles. The molecular weight excluding hydrogens is 304 g/mol. The van der Waals surface area contributed by atoms with E-state index in [0.717, 1.165) is 0 Å². The lowest BCUT2D eigenvalue weighted by atomic mass is 10.0. The number of carbonyl (C=O) groups excluding carboxylic acids is 3. The average Bonchev–Trinajstić information content (AvgIpc) is 2.46. The molecule has 0 aliphatic carbocycles. The molecule has 2 unspecified atom stereocenters. The van der Waals surface area contributed by atoms with Crippen LogP contribution in [0.4, 0.5) is 0 Å². The molecule has 0 spiro atoms. The molecule has 3 amide bonds. The highest BCUT2D eigenvalue weighted by atomic mass is 16.4. The first-order valence-electron chi connectivity index (χ1n) is 7.38. The topological polar surface area (TPSA) is 151 Å². The molecule has 0 saturated carbocycles. The first-order chi connectivity index (χ1) is 10.6. The number of nitrogens with one attached hydrogen (secondary N) is 3. The maximum atomic E-state index is 11.9. The summed E-state index contributed by atoms with van der Waals surface area (Å²) >= 11 is 0. The minimum atomic E-state index is -1.18. The van der Waals surface area contributed by atoms with Gasteiger partial charge in [0.05, 0.1) is 12.6 Å². The molecule has 9 nitrogen and oxygen atoms in total. The molecule has 0 aromatic heterocycles. The van der Waals surface area contributed by atoms with Crippen LogP contribution in [0.1, 0.15) is 27.7 Å². The van der Waals surface area contributed by atoms with Gasteiger partial charge in [-0.3, -0.25) is 19.2 Å². The molecule has 2 atom stereocenters. The van der Waals surface area contributed by atoms with Crippen LogP contribution in [-0.2, 0) is 19.2 Å². The highest BCUT2D eigenvalue weighted by Gasteiger charge is 2.25. The second kappa shape index (κ2) is 9.78. The summed E-state index contributed by atoms with van der Waals surface area (Å²) < 4.78 is 0. The van der Waals surface area contributed by atoms with Gasteiger partial charge in [0.15, 0.2) is 0 Å². The maximum Gasteiger partial charge on any atom is 0.322 e. The van der Waals surface area contributed by atoms with E-state index in [4.69, 9.17) is 10.8 Å². The number of carbonyl (C=O) groups is 4. The molecular formula is C14H26N4O5. The summed E-state index contributed by atoms with van der Waals surface area (Å²) in [5.74, 6) is -3.10. The highest BCUT2D eigenvalue weighted by molar-refractivity contribution is 5.92. The molecule has 6 N–H and O–H groups in total. The number of rotatable bonds is 9. The van der Waals surface area contributed by atoms with Crippen molar-refractivity contribution in [3.8, 4) is 0 Å². The van der Waals surface area contributed by atoms with Gasteiger partial charge in [0, 0.05) is 0 Å². The number of nitrogens with two attached hydrogens (primary N) is 1. The van der Waals surface area contributed by atoms with E-state index in [0.29, 0.717) is 0 Å². The Balaban J connectivity index is 4.49. The van der Waals surface area contributed by atoms with E-state index in [1.807, 2.05) is 0 Å². The van der Waals surface area contributed by atoms with E-state index >= 15 is 0 Å². The van der Waals surface area contributed by atoms with Crippen molar-refractivity contribution >= 4 is 23.7 Å². The van der Waals surface area contributed by atoms with Crippen LogP contribution in [0.15, 0.2) is 0 Å². The molecule has 0 radical (unpaired) electrons. The summed E-state index contributed by atoms with van der Waals surface area (Å²) in [5.41, 5.74) is 5.65. The quantitative estimate of drug-likeness (QED) is 0.344. The minimum Gasteiger partial charge on any atom is -0.480 e. The van der Waals surface area contributed by atoms with Crippen molar-refractivity contribution in [2.45, 2.75) is 39.8 Å². The van der Waals surface area contributed by atoms with Gasteiger partial charge in [-0.15, -0.1) is 0 Å². The summed E-state index contributed by atoms with van der Waals surface area (Å²) in [4.78, 5) is 45.8. The number of aliphatic carboxylic acids is 1. The van der Waals surface area contributed by atoms with Gasteiger partial charge in [-0.2, -0.15) is 0 Å². The molecule has 0 fully saturated rings. The van der Waals surface area contributed by atoms with Gasteiger partial charge in [0.2, 0.25) is 17.7 Å². The van der Waals surface area contributed by atoms with E-state index in [-0.39, 0.29) is 18.4 Å². The smallest absolute Gasteiger partial charge is 0.322 e. The van der Waals surface area contributed by atoms with Crippen LogP contribution in [0.25, 0.3) is 0 Å². The van der Waals surface area contributed by atoms with Crippen molar-refractivity contribution in [2.75, 3.05) is 13.1 Å². The Hall–Kier alpha value is -2.16. The van der Waals surface area contributed by atoms with Crippen LogP contribution >= 0.6 is 0 Å². The monoisotopic (exact) mass is 330 g/mol. The fourth-order valence-electron chi connectivity index (χ4n) is 1.62. The zero-order valence-corrected chi connectivity index (χ0v) is 13.9. The van der Waals surface area contributed by atoms with Crippen molar-refractivity contribution in [2.24, 2.45) is 17.6 Å². The van der Waals surface area contributed by atoms with E-state index in [2.05, 4.69) is 16.0 Å². The fourth-order valence-corrected chi connectivity index (χ4v) is 1.62. The van der Waals surface area contributed by atoms with Crippen molar-refractivity contribution in [3.05, 3.63) is 0 Å². The normalized spacial score (nSPS) is 13.3. The van der Waals surface area contributed by atoms with E-state index in [1.54, 1.807) is 27.7 Å². The fraction of sp³-hybridized carbons (Fsp3) is 0.714. The van der Waals surface area contributed by atoms with Gasteiger partial charge >= 0.3 is 5.97 Å². The molecule has 0 aliphatic heterocycles. The van der Waals surface area contributed by atoms with Crippen LogP contribution in [0.5, 0.6) is 0 Å². The lowest BCUT2D eigenvalue weighted by Gasteiger charge is -2.22. The third-order valence-corrected chi connectivity index (χ3v) is 3.12. The number of hydrogen-bond donors (Lipinski definition) is 5. The van der Waals surface area contributed by atoms with Crippen molar-refractivity contribution in [1.29, 1.82) is 0 Å². The third-order valence-electron chi connectivity index (χ3n) is 3.12. The lowest BCUT2D eigenvalue weighted by Crippen LogP contribution is -2.53. The van der Waals surface area contributed by atoms with Crippen molar-refractivity contribution < 1.29 is 24.3 Å². The highest BCUT2D eigenvalue weighted by Crippen LogP contribution is 2.02. The largest absolute Gasteiger partial charge is 0.480 e. The Kier molecular flexibility index (Phi) is 8.86. The van der Waals surface area contributed by atoms with Crippen LogP contribution in [0.3, 0.4) is 0 Å². The average molecular weight is 330 g/mol. The van der Waals surface area contributed by atoms with Gasteiger partial charge in [-0.25, -0.2) is 0 Å². The number of carboxylic acids is 1. The van der Waals surface area contributed by atoms with Crippen LogP contribution in [0.2, 0.25) is 0 Å². The Morgan fingerprint density at radius 3 is 1.87 bits per heavy atom. The third kappa shape index (κ3) is 8.15. The summed E-state index contributed by atoms with van der Waals surface area (Å²) in [6.45, 7) is 6.14. The summed E-state index contributed by atoms with van der Waals surface area (Å²) in [6.07, 6.45) is 0.